The highest BCUT2D eigenvalue weighted by atomic mass is 32.2. The van der Waals surface area contributed by atoms with Crippen LogP contribution in [0, 0.1) is 13.8 Å². The molecule has 2 aromatic rings. The summed E-state index contributed by atoms with van der Waals surface area (Å²) in [6.07, 6.45) is 0.572. The molecule has 1 fully saturated rings. The number of ether oxygens (including phenoxy) is 2. The summed E-state index contributed by atoms with van der Waals surface area (Å²) < 4.78 is 11.0. The topological polar surface area (TPSA) is 93.1 Å². The summed E-state index contributed by atoms with van der Waals surface area (Å²) in [4.78, 5) is 38.1. The summed E-state index contributed by atoms with van der Waals surface area (Å²) in [7, 11) is 0. The van der Waals surface area contributed by atoms with Gasteiger partial charge in [0.2, 0.25) is 0 Å². The second-order valence-electron chi connectivity index (χ2n) is 6.97. The first-order valence-corrected chi connectivity index (χ1v) is 10.5. The molecule has 1 heterocycles. The number of carboxylic acids is 1. The molecular weight excluding hydrogens is 418 g/mol. The molecule has 0 aromatic heterocycles. The van der Waals surface area contributed by atoms with Crippen molar-refractivity contribution in [2.75, 3.05) is 11.5 Å². The average Bonchev–Trinajstić information content (AvgIpc) is 2.99. The Morgan fingerprint density at radius 1 is 1.19 bits per heavy atom. The molecule has 1 atom stereocenters. The van der Waals surface area contributed by atoms with Crippen molar-refractivity contribution < 1.29 is 29.0 Å². The van der Waals surface area contributed by atoms with E-state index in [4.69, 9.17) is 14.6 Å². The van der Waals surface area contributed by atoms with Crippen LogP contribution in [0.3, 0.4) is 0 Å². The Bertz CT molecular complexity index is 1080. The van der Waals surface area contributed by atoms with Crippen LogP contribution in [0.15, 0.2) is 41.3 Å². The molecule has 1 N–H and O–H groups in total. The Morgan fingerprint density at radius 3 is 2.61 bits per heavy atom. The quantitative estimate of drug-likeness (QED) is 0.617. The zero-order valence-corrected chi connectivity index (χ0v) is 18.5. The number of carbonyl (C=O) groups excluding carboxylic acids is 2. The highest BCUT2D eigenvalue weighted by molar-refractivity contribution is 8.19. The van der Waals surface area contributed by atoms with Gasteiger partial charge in [0.25, 0.3) is 11.1 Å². The van der Waals surface area contributed by atoms with Crippen molar-refractivity contribution in [2.24, 2.45) is 0 Å². The fourth-order valence-electron chi connectivity index (χ4n) is 3.03. The van der Waals surface area contributed by atoms with Gasteiger partial charge in [-0.25, -0.2) is 9.69 Å². The molecule has 0 saturated carbocycles. The first-order valence-electron chi connectivity index (χ1n) is 9.73. The van der Waals surface area contributed by atoms with Gasteiger partial charge >= 0.3 is 5.97 Å². The third kappa shape index (κ3) is 4.74. The number of imide groups is 1. The molecule has 2 amide bonds. The molecule has 0 spiro atoms. The molecule has 1 aliphatic heterocycles. The van der Waals surface area contributed by atoms with E-state index in [1.807, 2.05) is 26.0 Å². The van der Waals surface area contributed by atoms with Crippen LogP contribution < -0.4 is 14.4 Å². The fraction of sp³-hybridized carbons (Fsp3) is 0.261. The van der Waals surface area contributed by atoms with E-state index in [2.05, 4.69) is 0 Å². The van der Waals surface area contributed by atoms with Crippen molar-refractivity contribution in [3.63, 3.8) is 0 Å². The molecule has 7 nitrogen and oxygen atoms in total. The Morgan fingerprint density at radius 2 is 1.94 bits per heavy atom. The Hall–Kier alpha value is -3.26. The number of carbonyl (C=O) groups is 3. The number of nitrogens with zero attached hydrogens (tertiary/aromatic N) is 1. The maximum Gasteiger partial charge on any atom is 0.344 e. The van der Waals surface area contributed by atoms with Crippen LogP contribution in [0.4, 0.5) is 10.5 Å². The molecule has 0 radical (unpaired) electrons. The maximum absolute atomic E-state index is 13.0. The van der Waals surface area contributed by atoms with Gasteiger partial charge in [0, 0.05) is 0 Å². The third-order valence-electron chi connectivity index (χ3n) is 4.83. The van der Waals surface area contributed by atoms with Crippen LogP contribution >= 0.6 is 11.8 Å². The van der Waals surface area contributed by atoms with Gasteiger partial charge in [-0.05, 0) is 80.4 Å². The molecule has 2 aromatic carbocycles. The van der Waals surface area contributed by atoms with Gasteiger partial charge in [-0.1, -0.05) is 18.2 Å². The number of aryl methyl sites for hydroxylation is 1. The van der Waals surface area contributed by atoms with Gasteiger partial charge in [-0.2, -0.15) is 0 Å². The summed E-state index contributed by atoms with van der Waals surface area (Å²) >= 11 is 0.873. The second kappa shape index (κ2) is 9.26. The highest BCUT2D eigenvalue weighted by Crippen LogP contribution is 2.38. The lowest BCUT2D eigenvalue weighted by molar-refractivity contribution is -0.144. The van der Waals surface area contributed by atoms with E-state index in [9.17, 15) is 14.4 Å². The monoisotopic (exact) mass is 441 g/mol. The number of amides is 2. The number of hydrogen-bond acceptors (Lipinski definition) is 6. The smallest absolute Gasteiger partial charge is 0.344 e. The van der Waals surface area contributed by atoms with E-state index in [0.717, 1.165) is 22.9 Å². The van der Waals surface area contributed by atoms with E-state index >= 15 is 0 Å². The normalized spacial score (nSPS) is 16.0. The average molecular weight is 442 g/mol. The van der Waals surface area contributed by atoms with Crippen LogP contribution in [-0.2, 0) is 9.59 Å². The lowest BCUT2D eigenvalue weighted by atomic mass is 10.1. The van der Waals surface area contributed by atoms with E-state index in [-0.39, 0.29) is 16.9 Å². The molecule has 162 valence electrons. The molecule has 3 rings (SSSR count). The third-order valence-corrected chi connectivity index (χ3v) is 5.70. The highest BCUT2D eigenvalue weighted by Gasteiger charge is 2.37. The van der Waals surface area contributed by atoms with Gasteiger partial charge < -0.3 is 14.6 Å². The van der Waals surface area contributed by atoms with Gasteiger partial charge in [-0.15, -0.1) is 0 Å². The number of thioether (sulfide) groups is 1. The minimum Gasteiger partial charge on any atom is -0.490 e. The van der Waals surface area contributed by atoms with Crippen molar-refractivity contribution >= 4 is 40.6 Å². The van der Waals surface area contributed by atoms with E-state index in [1.165, 1.54) is 11.8 Å². The second-order valence-corrected chi connectivity index (χ2v) is 7.97. The first-order chi connectivity index (χ1) is 14.7. The lowest BCUT2D eigenvalue weighted by Gasteiger charge is -2.16. The first kappa shape index (κ1) is 22.4. The van der Waals surface area contributed by atoms with Crippen LogP contribution in [0.5, 0.6) is 11.5 Å². The van der Waals surface area contributed by atoms with Crippen molar-refractivity contribution in [2.45, 2.75) is 33.8 Å². The molecular formula is C23H23NO6S. The van der Waals surface area contributed by atoms with Crippen molar-refractivity contribution in [3.8, 4) is 11.5 Å². The maximum atomic E-state index is 13.0. The Kier molecular flexibility index (Phi) is 6.70. The van der Waals surface area contributed by atoms with Crippen molar-refractivity contribution in [1.29, 1.82) is 0 Å². The molecule has 1 aliphatic rings. The number of aliphatic carboxylic acids is 1. The predicted octanol–water partition coefficient (Wildman–Crippen LogP) is 4.79. The number of anilines is 1. The van der Waals surface area contributed by atoms with E-state index in [1.54, 1.807) is 37.3 Å². The largest absolute Gasteiger partial charge is 0.490 e. The Balaban J connectivity index is 1.91. The minimum absolute atomic E-state index is 0.289. The SMILES string of the molecule is CCOc1cc(/C=C2/SC(=O)N(c3cccc(C)c3C)C2=O)ccc1OC(C)C(=O)O. The van der Waals surface area contributed by atoms with Gasteiger partial charge in [-0.3, -0.25) is 9.59 Å². The molecule has 0 aliphatic carbocycles. The molecule has 1 saturated heterocycles. The number of rotatable bonds is 7. The number of hydrogen-bond donors (Lipinski definition) is 1. The molecule has 31 heavy (non-hydrogen) atoms. The fourth-order valence-corrected chi connectivity index (χ4v) is 3.86. The van der Waals surface area contributed by atoms with E-state index in [0.29, 0.717) is 28.5 Å². The van der Waals surface area contributed by atoms with Crippen LogP contribution in [0.25, 0.3) is 6.08 Å². The molecule has 1 unspecified atom stereocenters. The van der Waals surface area contributed by atoms with Crippen LogP contribution in [0.1, 0.15) is 30.5 Å². The minimum atomic E-state index is -1.09. The molecule has 8 heteroatoms. The number of benzene rings is 2. The van der Waals surface area contributed by atoms with Crippen LogP contribution in [-0.4, -0.2) is 34.9 Å². The number of carboxylic acid groups (broad SMARTS) is 1. The summed E-state index contributed by atoms with van der Waals surface area (Å²) in [6, 6.07) is 10.4. The van der Waals surface area contributed by atoms with E-state index < -0.39 is 12.1 Å². The Labute approximate surface area is 184 Å². The van der Waals surface area contributed by atoms with Gasteiger partial charge in [0.05, 0.1) is 17.2 Å². The summed E-state index contributed by atoms with van der Waals surface area (Å²) in [5.74, 6) is -0.830. The van der Waals surface area contributed by atoms with Gasteiger partial charge in [0.15, 0.2) is 17.6 Å². The zero-order chi connectivity index (χ0) is 22.7. The molecule has 0 bridgehead atoms. The summed E-state index contributed by atoms with van der Waals surface area (Å²) in [6.45, 7) is 7.38. The van der Waals surface area contributed by atoms with Crippen molar-refractivity contribution in [3.05, 3.63) is 58.0 Å². The van der Waals surface area contributed by atoms with Gasteiger partial charge in [0.1, 0.15) is 0 Å². The standard InChI is InChI=1S/C23H23NO6S/c1-5-29-19-11-16(9-10-18(19)30-15(4)22(26)27)12-20-21(25)24(23(28)31-20)17-8-6-7-13(2)14(17)3/h6-12,15H,5H2,1-4H3,(H,26,27)/b20-12+. The van der Waals surface area contributed by atoms with Crippen molar-refractivity contribution in [1.82, 2.24) is 0 Å². The summed E-state index contributed by atoms with van der Waals surface area (Å²) in [5, 5.41) is 8.71. The lowest BCUT2D eigenvalue weighted by Crippen LogP contribution is -2.28. The zero-order valence-electron chi connectivity index (χ0n) is 17.7. The van der Waals surface area contributed by atoms with Crippen LogP contribution in [0.2, 0.25) is 0 Å². The predicted molar refractivity (Wildman–Crippen MR) is 120 cm³/mol. The summed E-state index contributed by atoms with van der Waals surface area (Å²) in [5.41, 5.74) is 3.07.